The van der Waals surface area contributed by atoms with Gasteiger partial charge >= 0.3 is 6.01 Å². The molecule has 0 spiro atoms. The van der Waals surface area contributed by atoms with Gasteiger partial charge in [0.15, 0.2) is 5.82 Å². The summed E-state index contributed by atoms with van der Waals surface area (Å²) in [6, 6.07) is 3.94. The molecule has 4 rings (SSSR count). The highest BCUT2D eigenvalue weighted by atomic mass is 35.5. The number of fused-ring (bicyclic) bond motifs is 1. The van der Waals surface area contributed by atoms with E-state index in [1.807, 2.05) is 26.0 Å². The van der Waals surface area contributed by atoms with E-state index in [4.69, 9.17) is 30.5 Å². The Morgan fingerprint density at radius 3 is 2.74 bits per heavy atom. The van der Waals surface area contributed by atoms with Crippen molar-refractivity contribution in [1.29, 1.82) is 0 Å². The van der Waals surface area contributed by atoms with Gasteiger partial charge in [0.25, 0.3) is 0 Å². The molecule has 0 atom stereocenters. The Bertz CT molecular complexity index is 1110. The van der Waals surface area contributed by atoms with Crippen molar-refractivity contribution in [3.8, 4) is 17.5 Å². The van der Waals surface area contributed by atoms with E-state index < -0.39 is 0 Å². The quantitative estimate of drug-likeness (QED) is 0.424. The molecule has 0 radical (unpaired) electrons. The fraction of sp³-hybridized carbons (Fsp3) is 0.478. The molecule has 1 aliphatic rings. The molecule has 0 unspecified atom stereocenters. The molecule has 0 aliphatic carbocycles. The molecule has 10 nitrogen and oxygen atoms in total. The predicted molar refractivity (Wildman–Crippen MR) is 130 cm³/mol. The summed E-state index contributed by atoms with van der Waals surface area (Å²) in [4.78, 5) is 19.5. The maximum atomic E-state index is 6.28. The normalized spacial score (nSPS) is 14.4. The van der Waals surface area contributed by atoms with E-state index in [1.165, 1.54) is 19.6 Å². The van der Waals surface area contributed by atoms with Crippen LogP contribution in [0, 0.1) is 0 Å². The van der Waals surface area contributed by atoms with E-state index in [2.05, 4.69) is 30.2 Å². The first-order valence-electron chi connectivity index (χ1n) is 11.3. The Labute approximate surface area is 203 Å². The molecule has 11 heteroatoms. The Balaban J connectivity index is 1.56. The summed E-state index contributed by atoms with van der Waals surface area (Å²) in [6.07, 6.45) is 3.80. The van der Waals surface area contributed by atoms with E-state index >= 15 is 0 Å². The van der Waals surface area contributed by atoms with Gasteiger partial charge < -0.3 is 24.3 Å². The first-order chi connectivity index (χ1) is 16.5. The highest BCUT2D eigenvalue weighted by molar-refractivity contribution is 6.33. The third kappa shape index (κ3) is 6.13. The summed E-state index contributed by atoms with van der Waals surface area (Å²) in [7, 11) is 1.49. The SMILES string of the molecule is COc1ncc(Cl)c(Nc2ncnc3cc(OCCCN4CCOCC4)cc(OC(C)C)c23)n1. The van der Waals surface area contributed by atoms with Crippen LogP contribution in [0.5, 0.6) is 17.5 Å². The number of rotatable bonds is 10. The third-order valence-electron chi connectivity index (χ3n) is 5.17. The molecule has 1 aromatic carbocycles. The van der Waals surface area contributed by atoms with E-state index in [0.717, 1.165) is 39.3 Å². The highest BCUT2D eigenvalue weighted by Crippen LogP contribution is 2.36. The van der Waals surface area contributed by atoms with Crippen molar-refractivity contribution >= 4 is 34.1 Å². The number of morpholine rings is 1. The second-order valence-electron chi connectivity index (χ2n) is 8.04. The van der Waals surface area contributed by atoms with Gasteiger partial charge in [-0.1, -0.05) is 11.6 Å². The number of hydrogen-bond donors (Lipinski definition) is 1. The molecule has 34 heavy (non-hydrogen) atoms. The molecule has 0 saturated carbocycles. The van der Waals surface area contributed by atoms with Gasteiger partial charge in [-0.2, -0.15) is 4.98 Å². The number of hydrogen-bond acceptors (Lipinski definition) is 10. The zero-order valence-corrected chi connectivity index (χ0v) is 20.3. The minimum atomic E-state index is -0.0597. The van der Waals surface area contributed by atoms with Gasteiger partial charge in [0.05, 0.1) is 50.1 Å². The van der Waals surface area contributed by atoms with Crippen LogP contribution in [-0.4, -0.2) is 77.5 Å². The summed E-state index contributed by atoms with van der Waals surface area (Å²) in [6.45, 7) is 9.03. The lowest BCUT2D eigenvalue weighted by Gasteiger charge is -2.26. The molecule has 1 saturated heterocycles. The topological polar surface area (TPSA) is 104 Å². The summed E-state index contributed by atoms with van der Waals surface area (Å²) in [5.74, 6) is 2.17. The number of anilines is 2. The average molecular weight is 489 g/mol. The predicted octanol–water partition coefficient (Wildman–Crippen LogP) is 3.71. The first kappa shape index (κ1) is 24.2. The summed E-state index contributed by atoms with van der Waals surface area (Å²) < 4.78 is 22.7. The Morgan fingerprint density at radius 2 is 1.97 bits per heavy atom. The zero-order chi connectivity index (χ0) is 23.9. The van der Waals surface area contributed by atoms with Crippen molar-refractivity contribution in [2.75, 3.05) is 51.9 Å². The number of nitrogens with one attached hydrogen (secondary N) is 1. The van der Waals surface area contributed by atoms with E-state index in [-0.39, 0.29) is 12.1 Å². The standard InChI is InChI=1S/C23H29ClN6O4/c1-15(2)34-19-12-16(33-8-4-5-30-6-9-32-10-7-30)11-18-20(19)22(27-14-26-18)28-21-17(24)13-25-23(29-21)31-3/h11-15H,4-10H2,1-3H3,(H,25,26,27,28,29). The van der Waals surface area contributed by atoms with Crippen LogP contribution in [0.25, 0.3) is 10.9 Å². The van der Waals surface area contributed by atoms with Crippen molar-refractivity contribution in [1.82, 2.24) is 24.8 Å². The van der Waals surface area contributed by atoms with Crippen LogP contribution in [0.4, 0.5) is 11.6 Å². The number of methoxy groups -OCH3 is 1. The number of halogens is 1. The van der Waals surface area contributed by atoms with Crippen LogP contribution in [0.3, 0.4) is 0 Å². The fourth-order valence-electron chi connectivity index (χ4n) is 3.61. The largest absolute Gasteiger partial charge is 0.493 e. The van der Waals surface area contributed by atoms with Gasteiger partial charge in [0, 0.05) is 31.8 Å². The molecule has 1 N–H and O–H groups in total. The van der Waals surface area contributed by atoms with E-state index in [1.54, 1.807) is 0 Å². The fourth-order valence-corrected chi connectivity index (χ4v) is 3.74. The number of benzene rings is 1. The molecule has 3 aromatic rings. The molecule has 1 aliphatic heterocycles. The van der Waals surface area contributed by atoms with Gasteiger partial charge in [0.1, 0.15) is 28.7 Å². The maximum Gasteiger partial charge on any atom is 0.318 e. The molecule has 1 fully saturated rings. The number of nitrogens with zero attached hydrogens (tertiary/aromatic N) is 5. The van der Waals surface area contributed by atoms with Crippen molar-refractivity contribution in [3.05, 3.63) is 29.7 Å². The monoisotopic (exact) mass is 488 g/mol. The molecule has 2 aromatic heterocycles. The lowest BCUT2D eigenvalue weighted by Crippen LogP contribution is -2.37. The minimum absolute atomic E-state index is 0.0597. The Kier molecular flexibility index (Phi) is 8.15. The lowest BCUT2D eigenvalue weighted by molar-refractivity contribution is 0.0358. The summed E-state index contributed by atoms with van der Waals surface area (Å²) in [5, 5.41) is 4.19. The van der Waals surface area contributed by atoms with Crippen LogP contribution >= 0.6 is 11.6 Å². The molecule has 0 bridgehead atoms. The minimum Gasteiger partial charge on any atom is -0.493 e. The number of aromatic nitrogens is 4. The van der Waals surface area contributed by atoms with Crippen LogP contribution in [0.15, 0.2) is 24.7 Å². The maximum absolute atomic E-state index is 6.28. The third-order valence-corrected chi connectivity index (χ3v) is 5.45. The molecule has 0 amide bonds. The van der Waals surface area contributed by atoms with E-state index in [0.29, 0.717) is 45.7 Å². The summed E-state index contributed by atoms with van der Waals surface area (Å²) >= 11 is 6.28. The van der Waals surface area contributed by atoms with Gasteiger partial charge in [-0.3, -0.25) is 4.90 Å². The molecular formula is C23H29ClN6O4. The zero-order valence-electron chi connectivity index (χ0n) is 19.6. The highest BCUT2D eigenvalue weighted by Gasteiger charge is 2.17. The lowest BCUT2D eigenvalue weighted by atomic mass is 10.2. The Hall–Kier alpha value is -2.95. The first-order valence-corrected chi connectivity index (χ1v) is 11.6. The second kappa shape index (κ2) is 11.5. The molecule has 3 heterocycles. The van der Waals surface area contributed by atoms with Crippen LogP contribution in [0.2, 0.25) is 5.02 Å². The van der Waals surface area contributed by atoms with Crippen molar-refractivity contribution in [2.45, 2.75) is 26.4 Å². The van der Waals surface area contributed by atoms with Crippen LogP contribution < -0.4 is 19.5 Å². The Morgan fingerprint density at radius 1 is 1.15 bits per heavy atom. The van der Waals surface area contributed by atoms with Crippen LogP contribution in [0.1, 0.15) is 20.3 Å². The van der Waals surface area contributed by atoms with Crippen molar-refractivity contribution in [2.24, 2.45) is 0 Å². The van der Waals surface area contributed by atoms with Gasteiger partial charge in [-0.25, -0.2) is 15.0 Å². The van der Waals surface area contributed by atoms with Gasteiger partial charge in [0.2, 0.25) is 0 Å². The van der Waals surface area contributed by atoms with Gasteiger partial charge in [-0.05, 0) is 20.3 Å². The van der Waals surface area contributed by atoms with Crippen molar-refractivity contribution in [3.63, 3.8) is 0 Å². The smallest absolute Gasteiger partial charge is 0.318 e. The number of ether oxygens (including phenoxy) is 4. The average Bonchev–Trinajstić information content (AvgIpc) is 2.83. The van der Waals surface area contributed by atoms with Gasteiger partial charge in [-0.15, -0.1) is 0 Å². The van der Waals surface area contributed by atoms with Crippen LogP contribution in [-0.2, 0) is 4.74 Å². The van der Waals surface area contributed by atoms with E-state index in [9.17, 15) is 0 Å². The van der Waals surface area contributed by atoms with Crippen molar-refractivity contribution < 1.29 is 18.9 Å². The molecule has 182 valence electrons. The molecular weight excluding hydrogens is 460 g/mol. The summed E-state index contributed by atoms with van der Waals surface area (Å²) in [5.41, 5.74) is 0.677. The second-order valence-corrected chi connectivity index (χ2v) is 8.45.